The summed E-state index contributed by atoms with van der Waals surface area (Å²) in [7, 11) is 0. The Bertz CT molecular complexity index is 374. The van der Waals surface area contributed by atoms with Crippen molar-refractivity contribution in [2.24, 2.45) is 5.92 Å². The minimum Gasteiger partial charge on any atom is -0.493 e. The van der Waals surface area contributed by atoms with Crippen LogP contribution in [0, 0.1) is 19.8 Å². The second-order valence-corrected chi connectivity index (χ2v) is 4.76. The Morgan fingerprint density at radius 3 is 2.19 bits per heavy atom. The molecule has 88 valence electrons. The zero-order valence-corrected chi connectivity index (χ0v) is 10.9. The molecule has 0 spiro atoms. The summed E-state index contributed by atoms with van der Waals surface area (Å²) in [6.07, 6.45) is 0. The van der Waals surface area contributed by atoms with Gasteiger partial charge >= 0.3 is 0 Å². The zero-order chi connectivity index (χ0) is 12.3. The molecular weight excluding hydrogens is 224 g/mol. The summed E-state index contributed by atoms with van der Waals surface area (Å²) in [5.41, 5.74) is 2.42. The molecular formula is C13H17ClO2. The average molecular weight is 241 g/mol. The minimum absolute atomic E-state index is 0.429. The lowest BCUT2D eigenvalue weighted by molar-refractivity contribution is 0.108. The molecule has 0 bridgehead atoms. The third kappa shape index (κ3) is 3.24. The van der Waals surface area contributed by atoms with E-state index in [1.165, 1.54) is 0 Å². The minimum atomic E-state index is -0.429. The van der Waals surface area contributed by atoms with Crippen LogP contribution in [0.3, 0.4) is 0 Å². The van der Waals surface area contributed by atoms with E-state index in [1.54, 1.807) is 12.1 Å². The van der Waals surface area contributed by atoms with Gasteiger partial charge in [0.15, 0.2) is 0 Å². The van der Waals surface area contributed by atoms with Crippen LogP contribution in [0.1, 0.15) is 35.3 Å². The molecule has 0 aliphatic carbocycles. The van der Waals surface area contributed by atoms with Crippen molar-refractivity contribution in [3.05, 3.63) is 28.8 Å². The molecule has 0 aliphatic heterocycles. The van der Waals surface area contributed by atoms with Crippen molar-refractivity contribution < 1.29 is 9.53 Å². The van der Waals surface area contributed by atoms with Crippen LogP contribution in [0.15, 0.2) is 12.1 Å². The standard InChI is InChI=1S/C13H17ClO2/c1-8(2)7-16-12-9(3)5-11(13(14)15)6-10(12)4/h5-6,8H,7H2,1-4H3. The summed E-state index contributed by atoms with van der Waals surface area (Å²) in [5, 5.41) is -0.429. The van der Waals surface area contributed by atoms with Gasteiger partial charge in [0.05, 0.1) is 6.61 Å². The van der Waals surface area contributed by atoms with E-state index in [2.05, 4.69) is 13.8 Å². The predicted octanol–water partition coefficient (Wildman–Crippen LogP) is 3.72. The van der Waals surface area contributed by atoms with Crippen molar-refractivity contribution in [2.45, 2.75) is 27.7 Å². The summed E-state index contributed by atoms with van der Waals surface area (Å²) in [4.78, 5) is 11.1. The highest BCUT2D eigenvalue weighted by atomic mass is 35.5. The monoisotopic (exact) mass is 240 g/mol. The molecule has 0 radical (unpaired) electrons. The molecule has 2 nitrogen and oxygen atoms in total. The number of halogens is 1. The Balaban J connectivity index is 2.98. The predicted molar refractivity (Wildman–Crippen MR) is 66.4 cm³/mol. The number of benzene rings is 1. The smallest absolute Gasteiger partial charge is 0.252 e. The van der Waals surface area contributed by atoms with Gasteiger partial charge in [-0.3, -0.25) is 4.79 Å². The van der Waals surface area contributed by atoms with E-state index >= 15 is 0 Å². The Morgan fingerprint density at radius 2 is 1.81 bits per heavy atom. The van der Waals surface area contributed by atoms with Crippen LogP contribution in [0.2, 0.25) is 0 Å². The molecule has 0 aromatic heterocycles. The van der Waals surface area contributed by atoms with Crippen LogP contribution in [0.5, 0.6) is 5.75 Å². The van der Waals surface area contributed by atoms with E-state index in [0.717, 1.165) is 16.9 Å². The van der Waals surface area contributed by atoms with Crippen LogP contribution in [0.4, 0.5) is 0 Å². The van der Waals surface area contributed by atoms with Gasteiger partial charge in [-0.25, -0.2) is 0 Å². The molecule has 1 aromatic carbocycles. The van der Waals surface area contributed by atoms with Crippen molar-refractivity contribution >= 4 is 16.8 Å². The molecule has 0 aliphatic rings. The number of carbonyl (C=O) groups is 1. The van der Waals surface area contributed by atoms with E-state index in [-0.39, 0.29) is 0 Å². The topological polar surface area (TPSA) is 26.3 Å². The van der Waals surface area contributed by atoms with Crippen LogP contribution >= 0.6 is 11.6 Å². The molecule has 0 heterocycles. The average Bonchev–Trinajstić information content (AvgIpc) is 2.15. The van der Waals surface area contributed by atoms with Gasteiger partial charge in [-0.2, -0.15) is 0 Å². The molecule has 0 unspecified atom stereocenters. The second-order valence-electron chi connectivity index (χ2n) is 4.42. The van der Waals surface area contributed by atoms with E-state index in [0.29, 0.717) is 18.1 Å². The summed E-state index contributed by atoms with van der Waals surface area (Å²) >= 11 is 5.45. The molecule has 0 atom stereocenters. The van der Waals surface area contributed by atoms with E-state index in [1.807, 2.05) is 13.8 Å². The lowest BCUT2D eigenvalue weighted by Crippen LogP contribution is -2.07. The zero-order valence-electron chi connectivity index (χ0n) is 10.1. The van der Waals surface area contributed by atoms with Crippen molar-refractivity contribution in [1.82, 2.24) is 0 Å². The van der Waals surface area contributed by atoms with Gasteiger partial charge in [0, 0.05) is 5.56 Å². The number of hydrogen-bond donors (Lipinski definition) is 0. The lowest BCUT2D eigenvalue weighted by Gasteiger charge is -2.14. The number of aryl methyl sites for hydroxylation is 2. The van der Waals surface area contributed by atoms with E-state index < -0.39 is 5.24 Å². The summed E-state index contributed by atoms with van der Waals surface area (Å²) in [6.45, 7) is 8.72. The van der Waals surface area contributed by atoms with Gasteiger partial charge in [-0.05, 0) is 54.6 Å². The van der Waals surface area contributed by atoms with Gasteiger partial charge in [0.2, 0.25) is 0 Å². The maximum absolute atomic E-state index is 11.1. The van der Waals surface area contributed by atoms with Crippen molar-refractivity contribution in [2.75, 3.05) is 6.61 Å². The van der Waals surface area contributed by atoms with E-state index in [9.17, 15) is 4.79 Å². The molecule has 1 aromatic rings. The molecule has 0 saturated carbocycles. The summed E-state index contributed by atoms with van der Waals surface area (Å²) in [6, 6.07) is 3.52. The molecule has 0 amide bonds. The first-order valence-electron chi connectivity index (χ1n) is 5.35. The summed E-state index contributed by atoms with van der Waals surface area (Å²) in [5.74, 6) is 1.34. The normalized spacial score (nSPS) is 10.6. The molecule has 16 heavy (non-hydrogen) atoms. The van der Waals surface area contributed by atoms with Crippen LogP contribution in [0.25, 0.3) is 0 Å². The Kier molecular flexibility index (Phi) is 4.36. The highest BCUT2D eigenvalue weighted by Crippen LogP contribution is 2.25. The summed E-state index contributed by atoms with van der Waals surface area (Å²) < 4.78 is 5.71. The highest BCUT2D eigenvalue weighted by Gasteiger charge is 2.10. The largest absolute Gasteiger partial charge is 0.493 e. The molecule has 0 N–H and O–H groups in total. The Labute approximate surface area is 102 Å². The van der Waals surface area contributed by atoms with Crippen LogP contribution in [-0.2, 0) is 0 Å². The number of ether oxygens (including phenoxy) is 1. The quantitative estimate of drug-likeness (QED) is 0.750. The molecule has 0 saturated heterocycles. The lowest BCUT2D eigenvalue weighted by atomic mass is 10.1. The Hall–Kier alpha value is -1.02. The molecule has 0 fully saturated rings. The van der Waals surface area contributed by atoms with Gasteiger partial charge in [-0.15, -0.1) is 0 Å². The fourth-order valence-electron chi connectivity index (χ4n) is 1.54. The van der Waals surface area contributed by atoms with E-state index in [4.69, 9.17) is 16.3 Å². The third-order valence-electron chi connectivity index (χ3n) is 2.25. The first kappa shape index (κ1) is 13.0. The second kappa shape index (κ2) is 5.35. The van der Waals surface area contributed by atoms with Gasteiger partial charge in [0.1, 0.15) is 5.75 Å². The first-order valence-corrected chi connectivity index (χ1v) is 5.73. The fourth-order valence-corrected chi connectivity index (χ4v) is 1.65. The van der Waals surface area contributed by atoms with Crippen molar-refractivity contribution in [3.8, 4) is 5.75 Å². The SMILES string of the molecule is Cc1cc(C(=O)Cl)cc(C)c1OCC(C)C. The van der Waals surface area contributed by atoms with Crippen LogP contribution < -0.4 is 4.74 Å². The fraction of sp³-hybridized carbons (Fsp3) is 0.462. The van der Waals surface area contributed by atoms with Crippen LogP contribution in [-0.4, -0.2) is 11.8 Å². The maximum Gasteiger partial charge on any atom is 0.252 e. The number of carbonyl (C=O) groups excluding carboxylic acids is 1. The maximum atomic E-state index is 11.1. The van der Waals surface area contributed by atoms with Crippen molar-refractivity contribution in [3.63, 3.8) is 0 Å². The van der Waals surface area contributed by atoms with Gasteiger partial charge in [-0.1, -0.05) is 13.8 Å². The Morgan fingerprint density at radius 1 is 1.31 bits per heavy atom. The van der Waals surface area contributed by atoms with Gasteiger partial charge in [0.25, 0.3) is 5.24 Å². The van der Waals surface area contributed by atoms with Gasteiger partial charge < -0.3 is 4.74 Å². The number of hydrogen-bond acceptors (Lipinski definition) is 2. The first-order chi connectivity index (χ1) is 7.41. The number of rotatable bonds is 4. The third-order valence-corrected chi connectivity index (χ3v) is 2.47. The van der Waals surface area contributed by atoms with Crippen molar-refractivity contribution in [1.29, 1.82) is 0 Å². The molecule has 3 heteroatoms. The highest BCUT2D eigenvalue weighted by molar-refractivity contribution is 6.67. The molecule has 1 rings (SSSR count).